The van der Waals surface area contributed by atoms with Crippen molar-refractivity contribution in [2.24, 2.45) is 5.92 Å². The van der Waals surface area contributed by atoms with E-state index in [1.165, 1.54) is 0 Å². The van der Waals surface area contributed by atoms with Crippen molar-refractivity contribution in [3.8, 4) is 11.5 Å². The predicted octanol–water partition coefficient (Wildman–Crippen LogP) is 2.84. The second-order valence-electron chi connectivity index (χ2n) is 9.20. The van der Waals surface area contributed by atoms with E-state index in [4.69, 9.17) is 9.47 Å². The number of amides is 3. The molecule has 0 aliphatic carbocycles. The van der Waals surface area contributed by atoms with Crippen molar-refractivity contribution in [1.82, 2.24) is 9.88 Å². The smallest absolute Gasteiger partial charge is 0.323 e. The van der Waals surface area contributed by atoms with Crippen molar-refractivity contribution in [3.05, 3.63) is 68.1 Å². The fourth-order valence-corrected chi connectivity index (χ4v) is 7.41. The number of likely N-dealkylation sites (tertiary alicyclic amines) is 1. The van der Waals surface area contributed by atoms with Crippen LogP contribution in [0.3, 0.4) is 0 Å². The van der Waals surface area contributed by atoms with Gasteiger partial charge < -0.3 is 24.9 Å². The molecule has 1 saturated heterocycles. The third kappa shape index (κ3) is 5.21. The quantitative estimate of drug-likeness (QED) is 0.323. The SMILES string of the molecule is CCOc1cc([C@@H]2c3sc(=O)[nH]c3S[C@@H]3C(=O)N(CC(=O)O)C(=O)[C@H]23)ccc1OCC(=O)Nc1ccccc1C. The molecule has 13 heteroatoms. The van der Waals surface area contributed by atoms with Crippen LogP contribution in [-0.2, 0) is 19.2 Å². The number of aromatic nitrogens is 1. The van der Waals surface area contributed by atoms with Gasteiger partial charge in [0.2, 0.25) is 11.8 Å². The van der Waals surface area contributed by atoms with E-state index in [1.54, 1.807) is 31.2 Å². The van der Waals surface area contributed by atoms with Crippen LogP contribution >= 0.6 is 23.1 Å². The molecule has 1 fully saturated rings. The van der Waals surface area contributed by atoms with Gasteiger partial charge in [0.15, 0.2) is 18.1 Å². The van der Waals surface area contributed by atoms with Crippen LogP contribution in [0.5, 0.6) is 11.5 Å². The van der Waals surface area contributed by atoms with Gasteiger partial charge in [0.05, 0.1) is 17.6 Å². The number of carboxylic acid groups (broad SMARTS) is 1. The van der Waals surface area contributed by atoms with E-state index in [2.05, 4.69) is 10.3 Å². The van der Waals surface area contributed by atoms with Crippen LogP contribution < -0.4 is 19.7 Å². The molecule has 11 nitrogen and oxygen atoms in total. The molecule has 0 unspecified atom stereocenters. The average molecular weight is 584 g/mol. The van der Waals surface area contributed by atoms with Crippen LogP contribution in [0.15, 0.2) is 52.3 Å². The van der Waals surface area contributed by atoms with Crippen LogP contribution in [0.1, 0.15) is 28.8 Å². The highest BCUT2D eigenvalue weighted by Gasteiger charge is 2.56. The van der Waals surface area contributed by atoms with Crippen LogP contribution in [0.4, 0.5) is 5.69 Å². The van der Waals surface area contributed by atoms with Crippen LogP contribution in [0, 0.1) is 12.8 Å². The molecular weight excluding hydrogens is 558 g/mol. The van der Waals surface area contributed by atoms with E-state index >= 15 is 0 Å². The number of aliphatic carboxylic acids is 1. The third-order valence-electron chi connectivity index (χ3n) is 6.61. The summed E-state index contributed by atoms with van der Waals surface area (Å²) in [5.74, 6) is -3.84. The standard InChI is InChI=1S/C27H25N3O8S2/c1-3-37-17-10-14(8-9-16(17)38-12-18(31)28-15-7-5-4-6-13(15)2)20-21-23(39-24-22(20)40-27(36)29-24)26(35)30(25(21)34)11-19(32)33/h4-10,20-21,23H,3,11-12H2,1-2H3,(H,28,31)(H,29,36)(H,32,33)/t20-,21+,23-/m0/s1. The van der Waals surface area contributed by atoms with Gasteiger partial charge in [-0.25, -0.2) is 0 Å². The molecule has 2 aliphatic heterocycles. The Balaban J connectivity index is 1.44. The first-order valence-corrected chi connectivity index (χ1v) is 14.1. The summed E-state index contributed by atoms with van der Waals surface area (Å²) in [7, 11) is 0. The number of aromatic amines is 1. The van der Waals surface area contributed by atoms with Crippen molar-refractivity contribution in [2.45, 2.75) is 30.0 Å². The summed E-state index contributed by atoms with van der Waals surface area (Å²) < 4.78 is 11.6. The Bertz CT molecular complexity index is 1570. The summed E-state index contributed by atoms with van der Waals surface area (Å²) in [6.07, 6.45) is 0. The molecule has 2 aliphatic rings. The molecule has 0 spiro atoms. The number of ether oxygens (including phenoxy) is 2. The monoisotopic (exact) mass is 583 g/mol. The first-order chi connectivity index (χ1) is 19.2. The Morgan fingerprint density at radius 3 is 2.58 bits per heavy atom. The number of hydrogen-bond acceptors (Lipinski definition) is 9. The number of thiazole rings is 1. The zero-order valence-electron chi connectivity index (χ0n) is 21.5. The number of hydrogen-bond donors (Lipinski definition) is 3. The molecule has 1 aromatic heterocycles. The average Bonchev–Trinajstić information content (AvgIpc) is 3.39. The number of rotatable bonds is 9. The topological polar surface area (TPSA) is 155 Å². The Morgan fingerprint density at radius 1 is 1.07 bits per heavy atom. The van der Waals surface area contributed by atoms with Gasteiger partial charge in [-0.2, -0.15) is 0 Å². The first kappa shape index (κ1) is 27.5. The highest BCUT2D eigenvalue weighted by Crippen LogP contribution is 2.53. The maximum atomic E-state index is 13.4. The van der Waals surface area contributed by atoms with E-state index in [0.29, 0.717) is 32.7 Å². The van der Waals surface area contributed by atoms with E-state index < -0.39 is 41.4 Å². The summed E-state index contributed by atoms with van der Waals surface area (Å²) in [6, 6.07) is 12.3. The van der Waals surface area contributed by atoms with Crippen molar-refractivity contribution < 1.29 is 33.8 Å². The van der Waals surface area contributed by atoms with E-state index in [-0.39, 0.29) is 24.0 Å². The number of para-hydroxylation sites is 1. The maximum Gasteiger partial charge on any atom is 0.323 e. The minimum atomic E-state index is -1.29. The number of nitrogens with zero attached hydrogens (tertiary/aromatic N) is 1. The Labute approximate surface area is 236 Å². The number of carbonyl (C=O) groups excluding carboxylic acids is 3. The second kappa shape index (κ2) is 11.2. The van der Waals surface area contributed by atoms with Crippen LogP contribution in [0.25, 0.3) is 0 Å². The number of carboxylic acids is 1. The van der Waals surface area contributed by atoms with Crippen LogP contribution in [0.2, 0.25) is 0 Å². The number of carbonyl (C=O) groups is 4. The van der Waals surface area contributed by atoms with E-state index in [1.807, 2.05) is 25.1 Å². The Morgan fingerprint density at radius 2 is 1.85 bits per heavy atom. The van der Waals surface area contributed by atoms with Crippen molar-refractivity contribution in [3.63, 3.8) is 0 Å². The number of imide groups is 1. The van der Waals surface area contributed by atoms with Crippen molar-refractivity contribution in [2.75, 3.05) is 25.1 Å². The highest BCUT2D eigenvalue weighted by molar-refractivity contribution is 8.00. The van der Waals surface area contributed by atoms with Gasteiger partial charge in [-0.15, -0.1) is 0 Å². The number of nitrogens with one attached hydrogen (secondary N) is 2. The lowest BCUT2D eigenvalue weighted by molar-refractivity contribution is -0.149. The second-order valence-corrected chi connectivity index (χ2v) is 11.4. The van der Waals surface area contributed by atoms with Crippen molar-refractivity contribution in [1.29, 1.82) is 0 Å². The fourth-order valence-electron chi connectivity index (χ4n) is 4.87. The molecule has 40 heavy (non-hydrogen) atoms. The lowest BCUT2D eigenvalue weighted by Crippen LogP contribution is -2.36. The van der Waals surface area contributed by atoms with Gasteiger partial charge >= 0.3 is 10.8 Å². The summed E-state index contributed by atoms with van der Waals surface area (Å²) in [5, 5.41) is 11.7. The molecule has 0 saturated carbocycles. The minimum absolute atomic E-state index is 0.279. The largest absolute Gasteiger partial charge is 0.490 e. The van der Waals surface area contributed by atoms with Crippen LogP contribution in [-0.4, -0.2) is 63.7 Å². The minimum Gasteiger partial charge on any atom is -0.490 e. The Kier molecular flexibility index (Phi) is 7.68. The van der Waals surface area contributed by atoms with Crippen molar-refractivity contribution >= 4 is 52.5 Å². The molecule has 3 heterocycles. The molecule has 3 aromatic rings. The molecule has 2 aromatic carbocycles. The first-order valence-electron chi connectivity index (χ1n) is 12.4. The fraction of sp³-hybridized carbons (Fsp3) is 0.296. The molecule has 208 valence electrons. The Hall–Kier alpha value is -4.10. The van der Waals surface area contributed by atoms with Gasteiger partial charge in [-0.1, -0.05) is 47.4 Å². The molecule has 0 bridgehead atoms. The van der Waals surface area contributed by atoms with Gasteiger partial charge in [0, 0.05) is 16.5 Å². The lowest BCUT2D eigenvalue weighted by atomic mass is 9.83. The zero-order chi connectivity index (χ0) is 28.6. The zero-order valence-corrected chi connectivity index (χ0v) is 23.1. The highest BCUT2D eigenvalue weighted by atomic mass is 32.2. The summed E-state index contributed by atoms with van der Waals surface area (Å²) >= 11 is 2.01. The predicted molar refractivity (Wildman–Crippen MR) is 147 cm³/mol. The number of fused-ring (bicyclic) bond motifs is 2. The number of aryl methyl sites for hydroxylation is 1. The van der Waals surface area contributed by atoms with E-state index in [9.17, 15) is 29.1 Å². The lowest BCUT2D eigenvalue weighted by Gasteiger charge is -2.30. The molecule has 3 amide bonds. The summed E-state index contributed by atoms with van der Waals surface area (Å²) in [6.45, 7) is 2.94. The number of benzene rings is 2. The molecule has 0 radical (unpaired) electrons. The molecule has 5 rings (SSSR count). The summed E-state index contributed by atoms with van der Waals surface area (Å²) in [5.41, 5.74) is 2.17. The number of thioether (sulfide) groups is 1. The van der Waals surface area contributed by atoms with Gasteiger partial charge in [-0.05, 0) is 43.2 Å². The van der Waals surface area contributed by atoms with Gasteiger partial charge in [0.1, 0.15) is 11.8 Å². The molecule has 3 atom stereocenters. The molecular formula is C27H25N3O8S2. The molecule has 3 N–H and O–H groups in total. The van der Waals surface area contributed by atoms with E-state index in [0.717, 1.165) is 33.6 Å². The summed E-state index contributed by atoms with van der Waals surface area (Å²) in [4.78, 5) is 66.3. The normalized spacial score (nSPS) is 19.6. The number of H-pyrrole nitrogens is 1. The van der Waals surface area contributed by atoms with Gasteiger partial charge in [0.25, 0.3) is 5.91 Å². The number of anilines is 1. The van der Waals surface area contributed by atoms with Gasteiger partial charge in [-0.3, -0.25) is 28.9 Å². The maximum absolute atomic E-state index is 13.4. The third-order valence-corrected chi connectivity index (χ3v) is 9.01.